The van der Waals surface area contributed by atoms with E-state index in [-0.39, 0.29) is 24.0 Å². The number of hydrogen-bond donors (Lipinski definition) is 2. The fraction of sp³-hybridized carbons (Fsp3) is 0.529. The second kappa shape index (κ2) is 6.68. The van der Waals surface area contributed by atoms with Crippen LogP contribution in [0.1, 0.15) is 24.2 Å². The van der Waals surface area contributed by atoms with Gasteiger partial charge in [0.2, 0.25) is 0 Å². The molecule has 0 aromatic heterocycles. The minimum Gasteiger partial charge on any atom is -0.495 e. The Morgan fingerprint density at radius 3 is 2.54 bits per heavy atom. The molecule has 0 aliphatic carbocycles. The number of nitrogens with one attached hydrogen (secondary N) is 2. The van der Waals surface area contributed by atoms with Crippen LogP contribution >= 0.6 is 0 Å². The molecule has 2 fully saturated rings. The van der Waals surface area contributed by atoms with Crippen molar-refractivity contribution in [2.24, 2.45) is 0 Å². The Bertz CT molecular complexity index is 639. The second-order valence-corrected chi connectivity index (χ2v) is 6.45. The van der Waals surface area contributed by atoms with Gasteiger partial charge in [-0.25, -0.2) is 4.79 Å². The molecule has 2 heterocycles. The summed E-state index contributed by atoms with van der Waals surface area (Å²) in [6.07, 6.45) is 0. The van der Waals surface area contributed by atoms with E-state index in [0.29, 0.717) is 43.2 Å². The van der Waals surface area contributed by atoms with Crippen molar-refractivity contribution in [3.05, 3.63) is 23.8 Å². The van der Waals surface area contributed by atoms with Gasteiger partial charge in [0.1, 0.15) is 5.75 Å². The third-order valence-electron chi connectivity index (χ3n) is 4.42. The maximum Gasteiger partial charge on any atom is 0.322 e. The molecule has 3 amide bonds. The molecule has 2 aliphatic heterocycles. The van der Waals surface area contributed by atoms with Gasteiger partial charge in [-0.1, -0.05) is 0 Å². The van der Waals surface area contributed by atoms with Crippen molar-refractivity contribution >= 4 is 17.6 Å². The number of hydrogen-bond acceptors (Lipinski definition) is 4. The summed E-state index contributed by atoms with van der Waals surface area (Å²) in [6, 6.07) is 5.63. The SMILES string of the molecule is COc1ccc(C(=O)N2C[C@@H](C)N[C@H](C)C2)cc1N1CCNC1=O. The first kappa shape index (κ1) is 16.6. The molecule has 1 aromatic carbocycles. The van der Waals surface area contributed by atoms with E-state index in [1.54, 1.807) is 30.2 Å². The molecule has 0 spiro atoms. The first-order chi connectivity index (χ1) is 11.5. The zero-order chi connectivity index (χ0) is 17.3. The van der Waals surface area contributed by atoms with E-state index in [1.165, 1.54) is 0 Å². The molecule has 0 unspecified atom stereocenters. The number of anilines is 1. The van der Waals surface area contributed by atoms with E-state index in [2.05, 4.69) is 24.5 Å². The van der Waals surface area contributed by atoms with Gasteiger partial charge in [0, 0.05) is 43.8 Å². The molecular formula is C17H24N4O3. The van der Waals surface area contributed by atoms with Crippen LogP contribution in [0.5, 0.6) is 5.75 Å². The van der Waals surface area contributed by atoms with E-state index in [9.17, 15) is 9.59 Å². The quantitative estimate of drug-likeness (QED) is 0.868. The van der Waals surface area contributed by atoms with Crippen molar-refractivity contribution in [3.8, 4) is 5.75 Å². The van der Waals surface area contributed by atoms with Gasteiger partial charge in [-0.2, -0.15) is 0 Å². The van der Waals surface area contributed by atoms with Crippen LogP contribution in [0.3, 0.4) is 0 Å². The number of benzene rings is 1. The Morgan fingerprint density at radius 2 is 1.96 bits per heavy atom. The molecular weight excluding hydrogens is 308 g/mol. The molecule has 7 heteroatoms. The minimum absolute atomic E-state index is 0.0151. The van der Waals surface area contributed by atoms with Crippen LogP contribution < -0.4 is 20.3 Å². The lowest BCUT2D eigenvalue weighted by atomic mass is 10.1. The molecule has 0 bridgehead atoms. The summed E-state index contributed by atoms with van der Waals surface area (Å²) in [7, 11) is 1.56. The van der Waals surface area contributed by atoms with E-state index in [4.69, 9.17) is 4.74 Å². The Hall–Kier alpha value is -2.28. The number of rotatable bonds is 3. The van der Waals surface area contributed by atoms with Gasteiger partial charge in [0.25, 0.3) is 5.91 Å². The number of carbonyl (C=O) groups excluding carboxylic acids is 2. The molecule has 1 aromatic rings. The normalized spacial score (nSPS) is 24.0. The monoisotopic (exact) mass is 332 g/mol. The summed E-state index contributed by atoms with van der Waals surface area (Å²) in [4.78, 5) is 28.3. The molecule has 0 saturated carbocycles. The molecule has 7 nitrogen and oxygen atoms in total. The summed E-state index contributed by atoms with van der Waals surface area (Å²) in [5.41, 5.74) is 1.21. The maximum absolute atomic E-state index is 12.9. The van der Waals surface area contributed by atoms with Gasteiger partial charge < -0.3 is 20.3 Å². The van der Waals surface area contributed by atoms with Gasteiger partial charge >= 0.3 is 6.03 Å². The molecule has 2 N–H and O–H groups in total. The number of carbonyl (C=O) groups is 2. The summed E-state index contributed by atoms with van der Waals surface area (Å²) < 4.78 is 5.36. The van der Waals surface area contributed by atoms with E-state index < -0.39 is 0 Å². The highest BCUT2D eigenvalue weighted by Gasteiger charge is 2.28. The Morgan fingerprint density at radius 1 is 1.25 bits per heavy atom. The molecule has 2 aliphatic rings. The Labute approximate surface area is 141 Å². The minimum atomic E-state index is -0.165. The Balaban J connectivity index is 1.88. The summed E-state index contributed by atoms with van der Waals surface area (Å²) >= 11 is 0. The third kappa shape index (κ3) is 3.17. The van der Waals surface area contributed by atoms with Crippen LogP contribution in [0.4, 0.5) is 10.5 Å². The fourth-order valence-corrected chi connectivity index (χ4v) is 3.41. The van der Waals surface area contributed by atoms with Crippen molar-refractivity contribution in [2.45, 2.75) is 25.9 Å². The lowest BCUT2D eigenvalue weighted by Gasteiger charge is -2.36. The van der Waals surface area contributed by atoms with Crippen molar-refractivity contribution in [3.63, 3.8) is 0 Å². The van der Waals surface area contributed by atoms with Gasteiger partial charge in [0.05, 0.1) is 12.8 Å². The standard InChI is InChI=1S/C17H24N4O3/c1-11-9-20(10-12(2)19-11)16(22)13-4-5-15(24-3)14(8-13)21-7-6-18-17(21)23/h4-5,8,11-12,19H,6-7,9-10H2,1-3H3,(H,18,23)/t11-,12-/m1/s1. The van der Waals surface area contributed by atoms with E-state index >= 15 is 0 Å². The second-order valence-electron chi connectivity index (χ2n) is 6.45. The number of piperazine rings is 1. The lowest BCUT2D eigenvalue weighted by molar-refractivity contribution is 0.0674. The highest BCUT2D eigenvalue weighted by Crippen LogP contribution is 2.31. The highest BCUT2D eigenvalue weighted by molar-refractivity contribution is 6.00. The fourth-order valence-electron chi connectivity index (χ4n) is 3.41. The van der Waals surface area contributed by atoms with Gasteiger partial charge in [-0.15, -0.1) is 0 Å². The topological polar surface area (TPSA) is 73.9 Å². The predicted octanol–water partition coefficient (Wildman–Crippen LogP) is 1.05. The average molecular weight is 332 g/mol. The number of nitrogens with zero attached hydrogens (tertiary/aromatic N) is 2. The van der Waals surface area contributed by atoms with Gasteiger partial charge in [-0.3, -0.25) is 9.69 Å². The third-order valence-corrected chi connectivity index (χ3v) is 4.42. The predicted molar refractivity (Wildman–Crippen MR) is 91.7 cm³/mol. The number of amides is 3. The first-order valence-electron chi connectivity index (χ1n) is 8.28. The smallest absolute Gasteiger partial charge is 0.322 e. The van der Waals surface area contributed by atoms with Crippen molar-refractivity contribution < 1.29 is 14.3 Å². The van der Waals surface area contributed by atoms with Crippen molar-refractivity contribution in [2.75, 3.05) is 38.2 Å². The van der Waals surface area contributed by atoms with Gasteiger partial charge in [-0.05, 0) is 32.0 Å². The van der Waals surface area contributed by atoms with E-state index in [0.717, 1.165) is 0 Å². The maximum atomic E-state index is 12.9. The van der Waals surface area contributed by atoms with Crippen LogP contribution in [-0.4, -0.2) is 62.2 Å². The lowest BCUT2D eigenvalue weighted by Crippen LogP contribution is -2.55. The molecule has 2 saturated heterocycles. The number of ether oxygens (including phenoxy) is 1. The molecule has 2 atom stereocenters. The Kier molecular flexibility index (Phi) is 4.62. The van der Waals surface area contributed by atoms with E-state index in [1.807, 2.05) is 4.90 Å². The number of urea groups is 1. The molecule has 24 heavy (non-hydrogen) atoms. The van der Waals surface area contributed by atoms with Crippen LogP contribution in [0.15, 0.2) is 18.2 Å². The van der Waals surface area contributed by atoms with Crippen LogP contribution in [0, 0.1) is 0 Å². The van der Waals surface area contributed by atoms with Crippen LogP contribution in [0.2, 0.25) is 0 Å². The molecule has 0 radical (unpaired) electrons. The summed E-state index contributed by atoms with van der Waals surface area (Å²) in [6.45, 7) is 6.65. The average Bonchev–Trinajstić information content (AvgIpc) is 2.98. The zero-order valence-corrected chi connectivity index (χ0v) is 14.3. The van der Waals surface area contributed by atoms with Crippen molar-refractivity contribution in [1.82, 2.24) is 15.5 Å². The van der Waals surface area contributed by atoms with Crippen LogP contribution in [0.25, 0.3) is 0 Å². The summed E-state index contributed by atoms with van der Waals surface area (Å²) in [5.74, 6) is 0.573. The largest absolute Gasteiger partial charge is 0.495 e. The van der Waals surface area contributed by atoms with Crippen LogP contribution in [-0.2, 0) is 0 Å². The van der Waals surface area contributed by atoms with Crippen molar-refractivity contribution in [1.29, 1.82) is 0 Å². The van der Waals surface area contributed by atoms with Gasteiger partial charge in [0.15, 0.2) is 0 Å². The first-order valence-corrected chi connectivity index (χ1v) is 8.28. The molecule has 130 valence electrons. The number of methoxy groups -OCH3 is 1. The zero-order valence-electron chi connectivity index (χ0n) is 14.3. The highest BCUT2D eigenvalue weighted by atomic mass is 16.5. The summed E-state index contributed by atoms with van der Waals surface area (Å²) in [5, 5.41) is 6.19. The molecule has 3 rings (SSSR count).